The first-order valence-electron chi connectivity index (χ1n) is 6.01. The third kappa shape index (κ3) is 4.04. The van der Waals surface area contributed by atoms with Crippen LogP contribution in [0.1, 0.15) is 12.5 Å². The van der Waals surface area contributed by atoms with E-state index >= 15 is 0 Å². The van der Waals surface area contributed by atoms with Crippen LogP contribution in [0.5, 0.6) is 0 Å². The molecule has 0 fully saturated rings. The highest BCUT2D eigenvalue weighted by Gasteiger charge is 2.08. The molecule has 1 unspecified atom stereocenters. The van der Waals surface area contributed by atoms with Crippen molar-refractivity contribution in [3.8, 4) is 0 Å². The molecule has 0 bridgehead atoms. The Morgan fingerprint density at radius 2 is 1.68 bits per heavy atom. The van der Waals surface area contributed by atoms with Crippen molar-refractivity contribution in [3.63, 3.8) is 0 Å². The summed E-state index contributed by atoms with van der Waals surface area (Å²) in [5.41, 5.74) is 2.08. The minimum absolute atomic E-state index is 0.247. The van der Waals surface area contributed by atoms with Crippen LogP contribution in [0.3, 0.4) is 0 Å². The molecular weight excluding hydrogens is 301 g/mol. The van der Waals surface area contributed by atoms with Gasteiger partial charge in [0, 0.05) is 11.1 Å². The highest BCUT2D eigenvalue weighted by Crippen LogP contribution is 2.30. The van der Waals surface area contributed by atoms with Crippen molar-refractivity contribution in [2.45, 2.75) is 19.4 Å². The molecule has 1 N–H and O–H groups in total. The van der Waals surface area contributed by atoms with E-state index in [1.54, 1.807) is 6.07 Å². The van der Waals surface area contributed by atoms with Crippen molar-refractivity contribution in [3.05, 3.63) is 63.1 Å². The molecule has 0 spiro atoms. The molecule has 0 saturated carbocycles. The fourth-order valence-corrected chi connectivity index (χ4v) is 2.39. The molecule has 2 aromatic carbocycles. The zero-order chi connectivity index (χ0) is 13.8. The van der Waals surface area contributed by atoms with E-state index in [0.29, 0.717) is 10.0 Å². The molecule has 4 heteroatoms. The van der Waals surface area contributed by atoms with Crippen LogP contribution >= 0.6 is 34.8 Å². The van der Waals surface area contributed by atoms with E-state index in [9.17, 15) is 0 Å². The number of halogens is 3. The van der Waals surface area contributed by atoms with E-state index in [4.69, 9.17) is 34.8 Å². The number of anilines is 1. The summed E-state index contributed by atoms with van der Waals surface area (Å²) in [6.45, 7) is 2.10. The number of benzene rings is 2. The molecule has 19 heavy (non-hydrogen) atoms. The lowest BCUT2D eigenvalue weighted by Gasteiger charge is -2.17. The first-order valence-corrected chi connectivity index (χ1v) is 7.14. The van der Waals surface area contributed by atoms with Crippen LogP contribution in [0.15, 0.2) is 42.5 Å². The summed E-state index contributed by atoms with van der Waals surface area (Å²) in [7, 11) is 0. The zero-order valence-electron chi connectivity index (χ0n) is 10.5. The van der Waals surface area contributed by atoms with E-state index in [-0.39, 0.29) is 6.04 Å². The summed E-state index contributed by atoms with van der Waals surface area (Å²) in [5.74, 6) is 0. The van der Waals surface area contributed by atoms with Crippen LogP contribution in [-0.4, -0.2) is 6.04 Å². The summed E-state index contributed by atoms with van der Waals surface area (Å²) in [5, 5.41) is 5.24. The minimum Gasteiger partial charge on any atom is -0.381 e. The predicted molar refractivity (Wildman–Crippen MR) is 84.7 cm³/mol. The number of hydrogen-bond donors (Lipinski definition) is 1. The topological polar surface area (TPSA) is 12.0 Å². The average Bonchev–Trinajstić information content (AvgIpc) is 2.38. The van der Waals surface area contributed by atoms with Gasteiger partial charge in [-0.1, -0.05) is 53.0 Å². The molecule has 0 aliphatic rings. The maximum Gasteiger partial charge on any atom is 0.0823 e. The predicted octanol–water partition coefficient (Wildman–Crippen LogP) is 5.69. The van der Waals surface area contributed by atoms with Crippen LogP contribution < -0.4 is 5.32 Å². The van der Waals surface area contributed by atoms with E-state index in [1.165, 1.54) is 5.56 Å². The van der Waals surface area contributed by atoms with Crippen LogP contribution in [0.25, 0.3) is 0 Å². The normalized spacial score (nSPS) is 12.2. The Morgan fingerprint density at radius 3 is 2.37 bits per heavy atom. The Balaban J connectivity index is 2.03. The molecule has 0 saturated heterocycles. The summed E-state index contributed by atoms with van der Waals surface area (Å²) in [4.78, 5) is 0. The maximum absolute atomic E-state index is 6.15. The van der Waals surface area contributed by atoms with Gasteiger partial charge in [-0.15, -0.1) is 0 Å². The third-order valence-corrected chi connectivity index (χ3v) is 3.88. The van der Waals surface area contributed by atoms with Crippen molar-refractivity contribution in [2.24, 2.45) is 0 Å². The number of nitrogens with one attached hydrogen (secondary N) is 1. The molecule has 1 nitrogen and oxygen atoms in total. The molecule has 2 aromatic rings. The van der Waals surface area contributed by atoms with Gasteiger partial charge in [-0.3, -0.25) is 0 Å². The third-order valence-electron chi connectivity index (χ3n) is 2.81. The highest BCUT2D eigenvalue weighted by molar-refractivity contribution is 6.43. The molecule has 100 valence electrons. The van der Waals surface area contributed by atoms with Crippen molar-refractivity contribution in [1.29, 1.82) is 0 Å². The quantitative estimate of drug-likeness (QED) is 0.764. The number of rotatable bonds is 4. The SMILES string of the molecule is CC(Cc1ccc(Cl)cc1)Nc1cccc(Cl)c1Cl. The lowest BCUT2D eigenvalue weighted by molar-refractivity contribution is 0.790. The zero-order valence-corrected chi connectivity index (χ0v) is 12.7. The summed E-state index contributed by atoms with van der Waals surface area (Å²) in [6, 6.07) is 13.7. The molecule has 2 rings (SSSR count). The molecule has 0 amide bonds. The van der Waals surface area contributed by atoms with Crippen molar-refractivity contribution >= 4 is 40.5 Å². The molecule has 0 aliphatic heterocycles. The Kier molecular flexibility index (Phi) is 4.98. The summed E-state index contributed by atoms with van der Waals surface area (Å²) < 4.78 is 0. The molecule has 1 atom stereocenters. The Bertz CT molecular complexity index is 552. The van der Waals surface area contributed by atoms with Crippen molar-refractivity contribution in [1.82, 2.24) is 0 Å². The van der Waals surface area contributed by atoms with Gasteiger partial charge < -0.3 is 5.32 Å². The Morgan fingerprint density at radius 1 is 1.00 bits per heavy atom. The van der Waals surface area contributed by atoms with Gasteiger partial charge in [0.15, 0.2) is 0 Å². The highest BCUT2D eigenvalue weighted by atomic mass is 35.5. The molecule has 0 radical (unpaired) electrons. The van der Waals surface area contributed by atoms with Gasteiger partial charge in [0.1, 0.15) is 0 Å². The second kappa shape index (κ2) is 6.51. The summed E-state index contributed by atoms with van der Waals surface area (Å²) in [6.07, 6.45) is 0.889. The monoisotopic (exact) mass is 313 g/mol. The van der Waals surface area contributed by atoms with Crippen LogP contribution in [0, 0.1) is 0 Å². The number of hydrogen-bond acceptors (Lipinski definition) is 1. The van der Waals surface area contributed by atoms with Gasteiger partial charge in [-0.25, -0.2) is 0 Å². The van der Waals surface area contributed by atoms with E-state index in [0.717, 1.165) is 17.1 Å². The largest absolute Gasteiger partial charge is 0.381 e. The van der Waals surface area contributed by atoms with E-state index < -0.39 is 0 Å². The Hall–Kier alpha value is -0.890. The van der Waals surface area contributed by atoms with Crippen molar-refractivity contribution in [2.75, 3.05) is 5.32 Å². The van der Waals surface area contributed by atoms with Crippen molar-refractivity contribution < 1.29 is 0 Å². The van der Waals surface area contributed by atoms with Crippen LogP contribution in [0.4, 0.5) is 5.69 Å². The van der Waals surface area contributed by atoms with Crippen LogP contribution in [0.2, 0.25) is 15.1 Å². The first-order chi connectivity index (χ1) is 9.06. The lowest BCUT2D eigenvalue weighted by atomic mass is 10.1. The minimum atomic E-state index is 0.247. The lowest BCUT2D eigenvalue weighted by Crippen LogP contribution is -2.18. The molecule has 0 heterocycles. The maximum atomic E-state index is 6.15. The van der Waals surface area contributed by atoms with Gasteiger partial charge in [0.2, 0.25) is 0 Å². The fraction of sp³-hybridized carbons (Fsp3) is 0.200. The van der Waals surface area contributed by atoms with E-state index in [2.05, 4.69) is 12.2 Å². The van der Waals surface area contributed by atoms with Gasteiger partial charge in [0.25, 0.3) is 0 Å². The van der Waals surface area contributed by atoms with Crippen LogP contribution in [-0.2, 0) is 6.42 Å². The van der Waals surface area contributed by atoms with Gasteiger partial charge in [-0.2, -0.15) is 0 Å². The smallest absolute Gasteiger partial charge is 0.0823 e. The molecule has 0 aliphatic carbocycles. The van der Waals surface area contributed by atoms with Gasteiger partial charge in [-0.05, 0) is 43.2 Å². The summed E-state index contributed by atoms with van der Waals surface area (Å²) >= 11 is 18.0. The molecular formula is C15H14Cl3N. The standard InChI is InChI=1S/C15H14Cl3N/c1-10(9-11-5-7-12(16)8-6-11)19-14-4-2-3-13(17)15(14)18/h2-8,10,19H,9H2,1H3. The first kappa shape index (κ1) is 14.5. The van der Waals surface area contributed by atoms with E-state index in [1.807, 2.05) is 36.4 Å². The van der Waals surface area contributed by atoms with Gasteiger partial charge >= 0.3 is 0 Å². The second-order valence-electron chi connectivity index (χ2n) is 4.48. The molecule has 0 aromatic heterocycles. The second-order valence-corrected chi connectivity index (χ2v) is 5.70. The fourth-order valence-electron chi connectivity index (χ4n) is 1.91. The Labute approximate surface area is 128 Å². The average molecular weight is 315 g/mol. The van der Waals surface area contributed by atoms with Gasteiger partial charge in [0.05, 0.1) is 15.7 Å².